The second-order valence-corrected chi connectivity index (χ2v) is 6.70. The zero-order chi connectivity index (χ0) is 20.0. The molecule has 0 unspecified atom stereocenters. The van der Waals surface area contributed by atoms with Gasteiger partial charge in [-0.3, -0.25) is 4.79 Å². The molecule has 0 saturated carbocycles. The van der Waals surface area contributed by atoms with E-state index in [0.29, 0.717) is 0 Å². The lowest BCUT2D eigenvalue weighted by Gasteiger charge is -2.14. The first kappa shape index (κ1) is 20.3. The number of rotatable bonds is 6. The molecule has 0 radical (unpaired) electrons. The molecule has 2 aromatic carbocycles. The maximum atomic E-state index is 12.7. The van der Waals surface area contributed by atoms with Crippen molar-refractivity contribution >= 4 is 17.3 Å². The van der Waals surface area contributed by atoms with Crippen LogP contribution in [0.4, 0.5) is 11.4 Å². The number of nitrogens with zero attached hydrogens (tertiary/aromatic N) is 1. The minimum absolute atomic E-state index is 0.0438. The summed E-state index contributed by atoms with van der Waals surface area (Å²) in [5, 5.41) is 15.5. The summed E-state index contributed by atoms with van der Waals surface area (Å²) in [7, 11) is 0. The van der Waals surface area contributed by atoms with Gasteiger partial charge in [0.1, 0.15) is 11.6 Å². The average molecular weight is 361 g/mol. The molecule has 0 fully saturated rings. The number of benzene rings is 2. The lowest BCUT2D eigenvalue weighted by atomic mass is 10.0. The van der Waals surface area contributed by atoms with Crippen LogP contribution in [0, 0.1) is 32.1 Å². The number of amides is 1. The molecule has 140 valence electrons. The number of nitriles is 1. The predicted molar refractivity (Wildman–Crippen MR) is 112 cm³/mol. The molecule has 27 heavy (non-hydrogen) atoms. The van der Waals surface area contributed by atoms with Crippen molar-refractivity contribution in [1.29, 1.82) is 5.26 Å². The highest BCUT2D eigenvalue weighted by Gasteiger charge is 2.14. The molecule has 0 aliphatic rings. The van der Waals surface area contributed by atoms with Gasteiger partial charge in [0.2, 0.25) is 0 Å². The molecular weight excluding hydrogens is 334 g/mol. The van der Waals surface area contributed by atoms with E-state index < -0.39 is 5.91 Å². The Morgan fingerprint density at radius 2 is 1.59 bits per heavy atom. The summed E-state index contributed by atoms with van der Waals surface area (Å²) < 4.78 is 0. The van der Waals surface area contributed by atoms with Crippen molar-refractivity contribution < 1.29 is 4.79 Å². The van der Waals surface area contributed by atoms with Gasteiger partial charge >= 0.3 is 0 Å². The molecule has 4 heteroatoms. The number of para-hydroxylation sites is 1. The molecule has 4 nitrogen and oxygen atoms in total. The summed E-state index contributed by atoms with van der Waals surface area (Å²) in [5.41, 5.74) is 7.25. The third-order valence-corrected chi connectivity index (χ3v) is 4.64. The Bertz CT molecular complexity index is 874. The van der Waals surface area contributed by atoms with Gasteiger partial charge in [0, 0.05) is 17.6 Å². The van der Waals surface area contributed by atoms with Gasteiger partial charge in [0.15, 0.2) is 0 Å². The van der Waals surface area contributed by atoms with Crippen molar-refractivity contribution in [3.05, 3.63) is 69.9 Å². The van der Waals surface area contributed by atoms with E-state index >= 15 is 0 Å². The first-order chi connectivity index (χ1) is 12.9. The van der Waals surface area contributed by atoms with E-state index in [1.54, 1.807) is 0 Å². The van der Waals surface area contributed by atoms with Crippen LogP contribution in [0.3, 0.4) is 0 Å². The topological polar surface area (TPSA) is 64.9 Å². The van der Waals surface area contributed by atoms with Crippen LogP contribution in [0.2, 0.25) is 0 Å². The first-order valence-electron chi connectivity index (χ1n) is 9.28. The quantitative estimate of drug-likeness (QED) is 0.549. The summed E-state index contributed by atoms with van der Waals surface area (Å²) in [6.07, 6.45) is 3.12. The van der Waals surface area contributed by atoms with E-state index in [1.807, 2.05) is 45.0 Å². The minimum atomic E-state index is -0.400. The molecule has 0 bridgehead atoms. The number of hydrogen-bond acceptors (Lipinski definition) is 3. The van der Waals surface area contributed by atoms with Gasteiger partial charge in [0.05, 0.1) is 0 Å². The monoisotopic (exact) mass is 361 g/mol. The standard InChI is InChI=1S/C23H27N3O/c1-6-18-9-8-10-19(7-2)22(18)26-23(27)20(13-24)14-25-21-16(4)11-15(3)12-17(21)5/h8-12,14,25H,6-7H2,1-5H3,(H,26,27)/b20-14-. The Balaban J connectivity index is 2.28. The molecule has 0 spiro atoms. The molecule has 1 amide bonds. The molecule has 0 heterocycles. The zero-order valence-electron chi connectivity index (χ0n) is 16.7. The third-order valence-electron chi connectivity index (χ3n) is 4.64. The summed E-state index contributed by atoms with van der Waals surface area (Å²) in [6, 6.07) is 12.1. The number of carbonyl (C=O) groups is 1. The smallest absolute Gasteiger partial charge is 0.267 e. The van der Waals surface area contributed by atoms with Crippen LogP contribution in [-0.2, 0) is 17.6 Å². The summed E-state index contributed by atoms with van der Waals surface area (Å²) >= 11 is 0. The van der Waals surface area contributed by atoms with Crippen LogP contribution in [-0.4, -0.2) is 5.91 Å². The van der Waals surface area contributed by atoms with Crippen LogP contribution in [0.15, 0.2) is 42.1 Å². The summed E-state index contributed by atoms with van der Waals surface area (Å²) in [4.78, 5) is 12.7. The van der Waals surface area contributed by atoms with Crippen molar-refractivity contribution in [2.24, 2.45) is 0 Å². The number of carbonyl (C=O) groups excluding carboxylic acids is 1. The summed E-state index contributed by atoms with van der Waals surface area (Å²) in [6.45, 7) is 10.2. The van der Waals surface area contributed by atoms with Gasteiger partial charge in [-0.25, -0.2) is 0 Å². The van der Waals surface area contributed by atoms with Crippen LogP contribution >= 0.6 is 0 Å². The van der Waals surface area contributed by atoms with E-state index in [1.165, 1.54) is 11.8 Å². The molecule has 0 aromatic heterocycles. The van der Waals surface area contributed by atoms with E-state index in [4.69, 9.17) is 0 Å². The van der Waals surface area contributed by atoms with Crippen molar-refractivity contribution in [1.82, 2.24) is 0 Å². The van der Waals surface area contributed by atoms with Gasteiger partial charge in [-0.2, -0.15) is 5.26 Å². The Morgan fingerprint density at radius 3 is 2.07 bits per heavy atom. The van der Waals surface area contributed by atoms with Gasteiger partial charge in [-0.1, -0.05) is 49.7 Å². The average Bonchev–Trinajstić information content (AvgIpc) is 2.63. The van der Waals surface area contributed by atoms with Crippen LogP contribution in [0.1, 0.15) is 41.7 Å². The van der Waals surface area contributed by atoms with Crippen molar-refractivity contribution in [2.75, 3.05) is 10.6 Å². The Morgan fingerprint density at radius 1 is 1.04 bits per heavy atom. The SMILES string of the molecule is CCc1cccc(CC)c1NC(=O)/C(C#N)=C\Nc1c(C)cc(C)cc1C. The van der Waals surface area contributed by atoms with Crippen molar-refractivity contribution in [3.8, 4) is 6.07 Å². The highest BCUT2D eigenvalue weighted by molar-refractivity contribution is 6.07. The van der Waals surface area contributed by atoms with Gasteiger partial charge in [0.25, 0.3) is 5.91 Å². The minimum Gasteiger partial charge on any atom is -0.360 e. The maximum Gasteiger partial charge on any atom is 0.267 e. The highest BCUT2D eigenvalue weighted by atomic mass is 16.1. The maximum absolute atomic E-state index is 12.7. The van der Waals surface area contributed by atoms with Gasteiger partial charge < -0.3 is 10.6 Å². The second-order valence-electron chi connectivity index (χ2n) is 6.70. The zero-order valence-corrected chi connectivity index (χ0v) is 16.7. The van der Waals surface area contributed by atoms with E-state index in [2.05, 4.69) is 36.6 Å². The molecule has 0 atom stereocenters. The lowest BCUT2D eigenvalue weighted by molar-refractivity contribution is -0.112. The van der Waals surface area contributed by atoms with Crippen molar-refractivity contribution in [3.63, 3.8) is 0 Å². The molecule has 2 N–H and O–H groups in total. The fourth-order valence-electron chi connectivity index (χ4n) is 3.28. The number of nitrogens with one attached hydrogen (secondary N) is 2. The number of anilines is 2. The van der Waals surface area contributed by atoms with E-state index in [9.17, 15) is 10.1 Å². The van der Waals surface area contributed by atoms with Crippen LogP contribution in [0.25, 0.3) is 0 Å². The normalized spacial score (nSPS) is 11.0. The molecule has 2 aromatic rings. The van der Waals surface area contributed by atoms with Gasteiger partial charge in [-0.05, 0) is 55.9 Å². The Labute approximate surface area is 161 Å². The first-order valence-corrected chi connectivity index (χ1v) is 9.28. The molecule has 2 rings (SSSR count). The Kier molecular flexibility index (Phi) is 6.79. The third kappa shape index (κ3) is 4.77. The molecule has 0 saturated heterocycles. The van der Waals surface area contributed by atoms with Crippen LogP contribution < -0.4 is 10.6 Å². The second kappa shape index (κ2) is 9.05. The highest BCUT2D eigenvalue weighted by Crippen LogP contribution is 2.24. The number of hydrogen-bond donors (Lipinski definition) is 2. The fraction of sp³-hybridized carbons (Fsp3) is 0.304. The van der Waals surface area contributed by atoms with E-state index in [-0.39, 0.29) is 5.57 Å². The fourth-order valence-corrected chi connectivity index (χ4v) is 3.28. The largest absolute Gasteiger partial charge is 0.360 e. The van der Waals surface area contributed by atoms with Crippen LogP contribution in [0.5, 0.6) is 0 Å². The van der Waals surface area contributed by atoms with Gasteiger partial charge in [-0.15, -0.1) is 0 Å². The molecule has 0 aliphatic heterocycles. The van der Waals surface area contributed by atoms with E-state index in [0.717, 1.165) is 46.5 Å². The number of aryl methyl sites for hydroxylation is 5. The molecule has 0 aliphatic carbocycles. The van der Waals surface area contributed by atoms with Crippen molar-refractivity contribution in [2.45, 2.75) is 47.5 Å². The lowest BCUT2D eigenvalue weighted by Crippen LogP contribution is -2.17. The predicted octanol–water partition coefficient (Wildman–Crippen LogP) is 5.19. The molecular formula is C23H27N3O. The summed E-state index contributed by atoms with van der Waals surface area (Å²) in [5.74, 6) is -0.400. The Hall–Kier alpha value is -3.06.